The number of aryl methyl sites for hydroxylation is 2. The third-order valence-electron chi connectivity index (χ3n) is 4.73. The lowest BCUT2D eigenvalue weighted by Crippen LogP contribution is -2.35. The Labute approximate surface area is 148 Å². The first-order chi connectivity index (χ1) is 11.6. The van der Waals surface area contributed by atoms with Crippen molar-refractivity contribution in [2.24, 2.45) is 0 Å². The minimum atomic E-state index is 0.0854. The van der Waals surface area contributed by atoms with Crippen LogP contribution in [0, 0.1) is 13.8 Å². The van der Waals surface area contributed by atoms with Crippen LogP contribution in [0.4, 0.5) is 0 Å². The van der Waals surface area contributed by atoms with E-state index < -0.39 is 0 Å². The summed E-state index contributed by atoms with van der Waals surface area (Å²) in [5.41, 5.74) is 3.17. The minimum absolute atomic E-state index is 0.0854. The Kier molecular flexibility index (Phi) is 5.24. The number of hydrogen-bond acceptors (Lipinski definition) is 3. The van der Waals surface area contributed by atoms with Crippen LogP contribution in [0.3, 0.4) is 0 Å². The standard InChI is InChI=1S/C20H24N2OS/c1-14-10-11-18(15(2)13-14)24-19-17(9-6-12-21-19)20(23)22(3)16-7-4-5-8-16/h6,9-13,16H,4-5,7-8H2,1-3H3. The Hall–Kier alpha value is -1.81. The van der Waals surface area contributed by atoms with E-state index in [1.54, 1.807) is 18.0 Å². The average molecular weight is 340 g/mol. The second-order valence-corrected chi connectivity index (χ2v) is 7.61. The number of carbonyl (C=O) groups is 1. The quantitative estimate of drug-likeness (QED) is 0.796. The molecule has 0 unspecified atom stereocenters. The van der Waals surface area contributed by atoms with Crippen LogP contribution in [-0.4, -0.2) is 28.9 Å². The molecule has 24 heavy (non-hydrogen) atoms. The van der Waals surface area contributed by atoms with E-state index >= 15 is 0 Å². The van der Waals surface area contributed by atoms with E-state index in [-0.39, 0.29) is 5.91 Å². The van der Waals surface area contributed by atoms with Gasteiger partial charge in [0.2, 0.25) is 0 Å². The van der Waals surface area contributed by atoms with Crippen molar-refractivity contribution in [3.8, 4) is 0 Å². The third-order valence-corrected chi connectivity index (χ3v) is 5.93. The SMILES string of the molecule is Cc1ccc(Sc2ncccc2C(=O)N(C)C2CCCC2)c(C)c1. The zero-order valence-corrected chi connectivity index (χ0v) is 15.4. The zero-order chi connectivity index (χ0) is 17.1. The van der Waals surface area contributed by atoms with Gasteiger partial charge in [-0.25, -0.2) is 4.98 Å². The maximum Gasteiger partial charge on any atom is 0.256 e. The first kappa shape index (κ1) is 17.0. The van der Waals surface area contributed by atoms with Crippen LogP contribution in [0.1, 0.15) is 47.2 Å². The highest BCUT2D eigenvalue weighted by atomic mass is 32.2. The second kappa shape index (κ2) is 7.39. The fourth-order valence-electron chi connectivity index (χ4n) is 3.30. The van der Waals surface area contributed by atoms with Gasteiger partial charge in [-0.15, -0.1) is 0 Å². The van der Waals surface area contributed by atoms with E-state index in [9.17, 15) is 4.79 Å². The Morgan fingerprint density at radius 1 is 1.21 bits per heavy atom. The number of amides is 1. The van der Waals surface area contributed by atoms with Crippen LogP contribution in [0.2, 0.25) is 0 Å². The molecular formula is C20H24N2OS. The summed E-state index contributed by atoms with van der Waals surface area (Å²) in [6, 6.07) is 10.5. The van der Waals surface area contributed by atoms with E-state index in [1.165, 1.54) is 24.0 Å². The van der Waals surface area contributed by atoms with Crippen molar-refractivity contribution in [2.45, 2.75) is 55.5 Å². The summed E-state index contributed by atoms with van der Waals surface area (Å²) >= 11 is 1.58. The molecule has 1 heterocycles. The van der Waals surface area contributed by atoms with Crippen LogP contribution in [-0.2, 0) is 0 Å². The van der Waals surface area contributed by atoms with Crippen molar-refractivity contribution in [3.05, 3.63) is 53.2 Å². The topological polar surface area (TPSA) is 33.2 Å². The molecule has 0 saturated heterocycles. The Balaban J connectivity index is 1.86. The van der Waals surface area contributed by atoms with Crippen LogP contribution in [0.15, 0.2) is 46.5 Å². The van der Waals surface area contributed by atoms with Crippen molar-refractivity contribution < 1.29 is 4.79 Å². The molecule has 0 bridgehead atoms. The first-order valence-electron chi connectivity index (χ1n) is 8.53. The van der Waals surface area contributed by atoms with Crippen molar-refractivity contribution in [1.29, 1.82) is 0 Å². The van der Waals surface area contributed by atoms with Gasteiger partial charge in [-0.2, -0.15) is 0 Å². The predicted octanol–water partition coefficient (Wildman–Crippen LogP) is 4.86. The normalized spacial score (nSPS) is 14.8. The molecule has 2 aromatic rings. The van der Waals surface area contributed by atoms with Gasteiger partial charge < -0.3 is 4.90 Å². The summed E-state index contributed by atoms with van der Waals surface area (Å²) in [7, 11) is 1.93. The van der Waals surface area contributed by atoms with Crippen molar-refractivity contribution >= 4 is 17.7 Å². The highest BCUT2D eigenvalue weighted by molar-refractivity contribution is 7.99. The van der Waals surface area contributed by atoms with Crippen molar-refractivity contribution in [1.82, 2.24) is 9.88 Å². The van der Waals surface area contributed by atoms with Gasteiger partial charge in [0.15, 0.2) is 0 Å². The molecule has 0 aliphatic heterocycles. The van der Waals surface area contributed by atoms with E-state index in [0.717, 1.165) is 22.8 Å². The molecule has 1 saturated carbocycles. The predicted molar refractivity (Wildman–Crippen MR) is 98.6 cm³/mol. The molecule has 1 aromatic carbocycles. The lowest BCUT2D eigenvalue weighted by Gasteiger charge is -2.25. The molecule has 3 rings (SSSR count). The van der Waals surface area contributed by atoms with Crippen LogP contribution in [0.5, 0.6) is 0 Å². The molecule has 4 heteroatoms. The fraction of sp³-hybridized carbons (Fsp3) is 0.400. The molecule has 0 radical (unpaired) electrons. The van der Waals surface area contributed by atoms with Crippen LogP contribution < -0.4 is 0 Å². The number of aromatic nitrogens is 1. The van der Waals surface area contributed by atoms with E-state index in [4.69, 9.17) is 0 Å². The van der Waals surface area contributed by atoms with Crippen LogP contribution in [0.25, 0.3) is 0 Å². The molecule has 0 atom stereocenters. The molecule has 126 valence electrons. The summed E-state index contributed by atoms with van der Waals surface area (Å²) < 4.78 is 0. The van der Waals surface area contributed by atoms with E-state index in [2.05, 4.69) is 37.0 Å². The Bertz CT molecular complexity index is 738. The molecule has 1 aliphatic rings. The maximum atomic E-state index is 13.0. The lowest BCUT2D eigenvalue weighted by atomic mass is 10.2. The van der Waals surface area contributed by atoms with Crippen molar-refractivity contribution in [2.75, 3.05) is 7.05 Å². The minimum Gasteiger partial charge on any atom is -0.339 e. The Morgan fingerprint density at radius 3 is 2.67 bits per heavy atom. The smallest absolute Gasteiger partial charge is 0.256 e. The summed E-state index contributed by atoms with van der Waals surface area (Å²) in [6.07, 6.45) is 6.43. The lowest BCUT2D eigenvalue weighted by molar-refractivity contribution is 0.0731. The molecule has 3 nitrogen and oxygen atoms in total. The molecule has 1 amide bonds. The Morgan fingerprint density at radius 2 is 1.96 bits per heavy atom. The van der Waals surface area contributed by atoms with E-state index in [0.29, 0.717) is 11.6 Å². The second-order valence-electron chi connectivity index (χ2n) is 6.58. The van der Waals surface area contributed by atoms with Gasteiger partial charge in [0.1, 0.15) is 5.03 Å². The van der Waals surface area contributed by atoms with Gasteiger partial charge in [-0.3, -0.25) is 4.79 Å². The molecular weight excluding hydrogens is 316 g/mol. The molecule has 1 aromatic heterocycles. The number of rotatable bonds is 4. The third kappa shape index (κ3) is 3.64. The van der Waals surface area contributed by atoms with Gasteiger partial charge in [-0.05, 0) is 50.5 Å². The number of carbonyl (C=O) groups excluding carboxylic acids is 1. The van der Waals surface area contributed by atoms with Crippen LogP contribution >= 0.6 is 11.8 Å². The summed E-state index contributed by atoms with van der Waals surface area (Å²) in [5.74, 6) is 0.0854. The van der Waals surface area contributed by atoms with Gasteiger partial charge in [-0.1, -0.05) is 42.3 Å². The van der Waals surface area contributed by atoms with Gasteiger partial charge in [0.05, 0.1) is 5.56 Å². The molecule has 0 spiro atoms. The molecule has 1 fully saturated rings. The summed E-state index contributed by atoms with van der Waals surface area (Å²) in [5, 5.41) is 0.791. The van der Waals surface area contributed by atoms with E-state index in [1.807, 2.05) is 24.1 Å². The fourth-order valence-corrected chi connectivity index (χ4v) is 4.24. The summed E-state index contributed by atoms with van der Waals surface area (Å²) in [6.45, 7) is 4.19. The highest BCUT2D eigenvalue weighted by Gasteiger charge is 2.26. The van der Waals surface area contributed by atoms with Gasteiger partial charge >= 0.3 is 0 Å². The average Bonchev–Trinajstić information content (AvgIpc) is 3.11. The highest BCUT2D eigenvalue weighted by Crippen LogP contribution is 2.33. The number of hydrogen-bond donors (Lipinski definition) is 0. The molecule has 0 N–H and O–H groups in total. The monoisotopic (exact) mass is 340 g/mol. The maximum absolute atomic E-state index is 13.0. The van der Waals surface area contributed by atoms with Gasteiger partial charge in [0, 0.05) is 24.2 Å². The zero-order valence-electron chi connectivity index (χ0n) is 14.6. The number of benzene rings is 1. The number of pyridine rings is 1. The number of nitrogens with zero attached hydrogens (tertiary/aromatic N) is 2. The summed E-state index contributed by atoms with van der Waals surface area (Å²) in [4.78, 5) is 20.5. The largest absolute Gasteiger partial charge is 0.339 e. The van der Waals surface area contributed by atoms with Crippen molar-refractivity contribution in [3.63, 3.8) is 0 Å². The first-order valence-corrected chi connectivity index (χ1v) is 9.35. The van der Waals surface area contributed by atoms with Gasteiger partial charge in [0.25, 0.3) is 5.91 Å². The molecule has 1 aliphatic carbocycles.